The SMILES string of the molecule is N[C@@H](Cc1ccccc1)C(=O)Nc1ccc([N+](=O)[O-])cc1. The normalized spacial score (nSPS) is 11.7. The molecule has 108 valence electrons. The fraction of sp³-hybridized carbons (Fsp3) is 0.133. The number of hydrogen-bond acceptors (Lipinski definition) is 4. The molecule has 0 aliphatic rings. The van der Waals surface area contributed by atoms with Crippen LogP contribution in [0.4, 0.5) is 11.4 Å². The summed E-state index contributed by atoms with van der Waals surface area (Å²) in [6, 6.07) is 14.4. The van der Waals surface area contributed by atoms with Gasteiger partial charge in [0.05, 0.1) is 11.0 Å². The first kappa shape index (κ1) is 14.7. The third kappa shape index (κ3) is 4.12. The number of amides is 1. The van der Waals surface area contributed by atoms with Crippen LogP contribution in [0.2, 0.25) is 0 Å². The molecule has 0 saturated carbocycles. The Morgan fingerprint density at radius 1 is 1.14 bits per heavy atom. The third-order valence-corrected chi connectivity index (χ3v) is 2.98. The highest BCUT2D eigenvalue weighted by atomic mass is 16.6. The molecule has 6 heteroatoms. The van der Waals surface area contributed by atoms with Crippen molar-refractivity contribution in [1.82, 2.24) is 0 Å². The lowest BCUT2D eigenvalue weighted by molar-refractivity contribution is -0.384. The summed E-state index contributed by atoms with van der Waals surface area (Å²) in [5.41, 5.74) is 7.29. The number of benzene rings is 2. The molecule has 0 aliphatic heterocycles. The van der Waals surface area contributed by atoms with Gasteiger partial charge in [-0.25, -0.2) is 0 Å². The van der Waals surface area contributed by atoms with Crippen LogP contribution >= 0.6 is 0 Å². The largest absolute Gasteiger partial charge is 0.325 e. The van der Waals surface area contributed by atoms with E-state index in [0.29, 0.717) is 12.1 Å². The Bertz CT molecular complexity index is 626. The van der Waals surface area contributed by atoms with E-state index >= 15 is 0 Å². The molecule has 2 aromatic rings. The predicted molar refractivity (Wildman–Crippen MR) is 79.8 cm³/mol. The van der Waals surface area contributed by atoms with E-state index < -0.39 is 11.0 Å². The van der Waals surface area contributed by atoms with Crippen LogP contribution < -0.4 is 11.1 Å². The monoisotopic (exact) mass is 285 g/mol. The Labute approximate surface area is 121 Å². The first-order valence-electron chi connectivity index (χ1n) is 6.41. The minimum Gasteiger partial charge on any atom is -0.325 e. The molecule has 6 nitrogen and oxygen atoms in total. The number of rotatable bonds is 5. The molecule has 0 saturated heterocycles. The zero-order valence-electron chi connectivity index (χ0n) is 11.2. The zero-order chi connectivity index (χ0) is 15.2. The van der Waals surface area contributed by atoms with Crippen molar-refractivity contribution >= 4 is 17.3 Å². The lowest BCUT2D eigenvalue weighted by atomic mass is 10.1. The van der Waals surface area contributed by atoms with E-state index in [1.165, 1.54) is 24.3 Å². The summed E-state index contributed by atoms with van der Waals surface area (Å²) in [5, 5.41) is 13.2. The van der Waals surface area contributed by atoms with Crippen LogP contribution in [0.5, 0.6) is 0 Å². The van der Waals surface area contributed by atoms with Crippen LogP contribution in [-0.2, 0) is 11.2 Å². The zero-order valence-corrected chi connectivity index (χ0v) is 11.2. The van der Waals surface area contributed by atoms with Crippen molar-refractivity contribution in [2.45, 2.75) is 12.5 Å². The summed E-state index contributed by atoms with van der Waals surface area (Å²) < 4.78 is 0. The van der Waals surface area contributed by atoms with E-state index in [4.69, 9.17) is 5.73 Å². The highest BCUT2D eigenvalue weighted by Gasteiger charge is 2.14. The number of carbonyl (C=O) groups excluding carboxylic acids is 1. The van der Waals surface area contributed by atoms with Crippen molar-refractivity contribution < 1.29 is 9.72 Å². The highest BCUT2D eigenvalue weighted by molar-refractivity contribution is 5.94. The molecule has 2 aromatic carbocycles. The standard InChI is InChI=1S/C15H15N3O3/c16-14(10-11-4-2-1-3-5-11)15(19)17-12-6-8-13(9-7-12)18(20)21/h1-9,14H,10,16H2,(H,17,19)/t14-/m0/s1. The fourth-order valence-electron chi connectivity index (χ4n) is 1.86. The van der Waals surface area contributed by atoms with Gasteiger partial charge in [-0.3, -0.25) is 14.9 Å². The van der Waals surface area contributed by atoms with E-state index in [1.807, 2.05) is 30.3 Å². The summed E-state index contributed by atoms with van der Waals surface area (Å²) in [7, 11) is 0. The van der Waals surface area contributed by atoms with Gasteiger partial charge in [-0.05, 0) is 24.1 Å². The van der Waals surface area contributed by atoms with E-state index in [9.17, 15) is 14.9 Å². The van der Waals surface area contributed by atoms with Crippen molar-refractivity contribution in [2.75, 3.05) is 5.32 Å². The molecule has 0 aliphatic carbocycles. The van der Waals surface area contributed by atoms with Crippen LogP contribution in [0.3, 0.4) is 0 Å². The average Bonchev–Trinajstić information content (AvgIpc) is 2.48. The first-order chi connectivity index (χ1) is 10.1. The summed E-state index contributed by atoms with van der Waals surface area (Å²) in [5.74, 6) is -0.326. The van der Waals surface area contributed by atoms with Crippen LogP contribution in [0.25, 0.3) is 0 Å². The summed E-state index contributed by atoms with van der Waals surface area (Å²) in [4.78, 5) is 22.0. The number of nitro benzene ring substituents is 1. The maximum atomic E-state index is 12.0. The second kappa shape index (κ2) is 6.62. The first-order valence-corrected chi connectivity index (χ1v) is 6.41. The number of anilines is 1. The van der Waals surface area contributed by atoms with Crippen LogP contribution in [0, 0.1) is 10.1 Å². The smallest absolute Gasteiger partial charge is 0.269 e. The van der Waals surface area contributed by atoms with Gasteiger partial charge in [0, 0.05) is 17.8 Å². The number of nitrogens with two attached hydrogens (primary N) is 1. The lowest BCUT2D eigenvalue weighted by Gasteiger charge is -2.12. The van der Waals surface area contributed by atoms with Gasteiger partial charge in [0.2, 0.25) is 5.91 Å². The molecule has 0 spiro atoms. The van der Waals surface area contributed by atoms with Crippen molar-refractivity contribution in [1.29, 1.82) is 0 Å². The van der Waals surface area contributed by atoms with E-state index in [0.717, 1.165) is 5.56 Å². The van der Waals surface area contributed by atoms with Crippen molar-refractivity contribution in [3.05, 3.63) is 70.3 Å². The number of nitrogens with one attached hydrogen (secondary N) is 1. The molecular weight excluding hydrogens is 270 g/mol. The summed E-state index contributed by atoms with van der Waals surface area (Å²) in [6.45, 7) is 0. The Balaban J connectivity index is 1.95. The highest BCUT2D eigenvalue weighted by Crippen LogP contribution is 2.15. The van der Waals surface area contributed by atoms with Gasteiger partial charge in [-0.1, -0.05) is 30.3 Å². The molecule has 2 rings (SSSR count). The summed E-state index contributed by atoms with van der Waals surface area (Å²) in [6.07, 6.45) is 0.430. The number of hydrogen-bond donors (Lipinski definition) is 2. The van der Waals surface area contributed by atoms with Crippen molar-refractivity contribution in [3.8, 4) is 0 Å². The van der Waals surface area contributed by atoms with Gasteiger partial charge in [0.1, 0.15) is 0 Å². The molecule has 21 heavy (non-hydrogen) atoms. The Morgan fingerprint density at radius 3 is 2.33 bits per heavy atom. The molecule has 1 atom stereocenters. The molecule has 3 N–H and O–H groups in total. The molecule has 0 bridgehead atoms. The van der Waals surface area contributed by atoms with Gasteiger partial charge in [-0.15, -0.1) is 0 Å². The number of nitrogens with zero attached hydrogens (tertiary/aromatic N) is 1. The summed E-state index contributed by atoms with van der Waals surface area (Å²) >= 11 is 0. The topological polar surface area (TPSA) is 98.3 Å². The molecule has 0 aromatic heterocycles. The number of carbonyl (C=O) groups is 1. The minimum absolute atomic E-state index is 0.0263. The van der Waals surface area contributed by atoms with Gasteiger partial charge < -0.3 is 11.1 Å². The molecule has 0 heterocycles. The van der Waals surface area contributed by atoms with Crippen molar-refractivity contribution in [2.24, 2.45) is 5.73 Å². The third-order valence-electron chi connectivity index (χ3n) is 2.98. The van der Waals surface area contributed by atoms with Gasteiger partial charge >= 0.3 is 0 Å². The van der Waals surface area contributed by atoms with E-state index in [1.54, 1.807) is 0 Å². The maximum Gasteiger partial charge on any atom is 0.269 e. The predicted octanol–water partition coefficient (Wildman–Crippen LogP) is 2.10. The van der Waals surface area contributed by atoms with Gasteiger partial charge in [-0.2, -0.15) is 0 Å². The van der Waals surface area contributed by atoms with E-state index in [2.05, 4.69) is 5.32 Å². The van der Waals surface area contributed by atoms with E-state index in [-0.39, 0.29) is 11.6 Å². The van der Waals surface area contributed by atoms with Gasteiger partial charge in [0.25, 0.3) is 5.69 Å². The quantitative estimate of drug-likeness (QED) is 0.649. The Morgan fingerprint density at radius 2 is 1.76 bits per heavy atom. The Hall–Kier alpha value is -2.73. The fourth-order valence-corrected chi connectivity index (χ4v) is 1.86. The maximum absolute atomic E-state index is 12.0. The number of non-ortho nitro benzene ring substituents is 1. The molecule has 0 radical (unpaired) electrons. The Kier molecular flexibility index (Phi) is 4.63. The molecule has 1 amide bonds. The van der Waals surface area contributed by atoms with Crippen LogP contribution in [0.1, 0.15) is 5.56 Å². The average molecular weight is 285 g/mol. The molecule has 0 unspecified atom stereocenters. The van der Waals surface area contributed by atoms with Crippen molar-refractivity contribution in [3.63, 3.8) is 0 Å². The molecule has 0 fully saturated rings. The van der Waals surface area contributed by atoms with Crippen LogP contribution in [-0.4, -0.2) is 16.9 Å². The lowest BCUT2D eigenvalue weighted by Crippen LogP contribution is -2.37. The number of nitro groups is 1. The second-order valence-electron chi connectivity index (χ2n) is 4.59. The minimum atomic E-state index is -0.678. The van der Waals surface area contributed by atoms with Crippen LogP contribution in [0.15, 0.2) is 54.6 Å². The second-order valence-corrected chi connectivity index (χ2v) is 4.59. The van der Waals surface area contributed by atoms with Gasteiger partial charge in [0.15, 0.2) is 0 Å². The molecular formula is C15H15N3O3.